The highest BCUT2D eigenvalue weighted by Crippen LogP contribution is 2.43. The lowest BCUT2D eigenvalue weighted by Crippen LogP contribution is -2.42. The van der Waals surface area contributed by atoms with E-state index in [2.05, 4.69) is 29.5 Å². The van der Waals surface area contributed by atoms with Gasteiger partial charge in [0.2, 0.25) is 0 Å². The van der Waals surface area contributed by atoms with Crippen LogP contribution >= 0.6 is 22.6 Å². The lowest BCUT2D eigenvalue weighted by molar-refractivity contribution is 0.0288. The third-order valence-electron chi connectivity index (χ3n) is 4.50. The van der Waals surface area contributed by atoms with Crippen LogP contribution in [0.4, 0.5) is 8.78 Å². The molecule has 0 aromatic rings. The molecule has 0 saturated heterocycles. The van der Waals surface area contributed by atoms with Crippen LogP contribution in [0, 0.1) is 17.8 Å². The Morgan fingerprint density at radius 2 is 1.50 bits per heavy atom. The Balaban J connectivity index is 1.94. The van der Waals surface area contributed by atoms with Gasteiger partial charge in [-0.05, 0) is 43.4 Å². The van der Waals surface area contributed by atoms with Gasteiger partial charge in [0.15, 0.2) is 0 Å². The van der Waals surface area contributed by atoms with Crippen molar-refractivity contribution in [2.24, 2.45) is 17.8 Å². The Bertz CT molecular complexity index is 226. The number of hydrogen-bond donors (Lipinski definition) is 0. The molecule has 0 N–H and O–H groups in total. The van der Waals surface area contributed by atoms with Gasteiger partial charge < -0.3 is 0 Å². The quantitative estimate of drug-likeness (QED) is 0.479. The number of rotatable bonds is 1. The average molecular weight is 342 g/mol. The normalized spacial score (nSPS) is 50.2. The van der Waals surface area contributed by atoms with Crippen molar-refractivity contribution in [1.29, 1.82) is 0 Å². The van der Waals surface area contributed by atoms with Gasteiger partial charge >= 0.3 is 0 Å². The van der Waals surface area contributed by atoms with E-state index in [4.69, 9.17) is 0 Å². The summed E-state index contributed by atoms with van der Waals surface area (Å²) in [7, 11) is 0. The molecule has 3 unspecified atom stereocenters. The predicted molar refractivity (Wildman–Crippen MR) is 71.4 cm³/mol. The SMILES string of the molecule is CC1CCC([C@@H]2CCC(I)C(F)C2F)CC1. The topological polar surface area (TPSA) is 0 Å². The molecule has 0 heterocycles. The summed E-state index contributed by atoms with van der Waals surface area (Å²) in [5.41, 5.74) is 0. The summed E-state index contributed by atoms with van der Waals surface area (Å²) in [5.74, 6) is 1.25. The highest BCUT2D eigenvalue weighted by Gasteiger charge is 2.42. The van der Waals surface area contributed by atoms with E-state index < -0.39 is 12.3 Å². The first-order valence-corrected chi connectivity index (χ1v) is 7.76. The van der Waals surface area contributed by atoms with Gasteiger partial charge in [0.25, 0.3) is 0 Å². The van der Waals surface area contributed by atoms with Crippen LogP contribution in [0.15, 0.2) is 0 Å². The van der Waals surface area contributed by atoms with Crippen molar-refractivity contribution in [1.82, 2.24) is 0 Å². The van der Waals surface area contributed by atoms with Gasteiger partial charge in [-0.15, -0.1) is 0 Å². The predicted octanol–water partition coefficient (Wildman–Crippen LogP) is 4.70. The minimum atomic E-state index is -1.22. The van der Waals surface area contributed by atoms with Crippen molar-refractivity contribution < 1.29 is 8.78 Å². The first-order chi connectivity index (χ1) is 7.59. The Morgan fingerprint density at radius 3 is 2.12 bits per heavy atom. The van der Waals surface area contributed by atoms with E-state index in [9.17, 15) is 8.78 Å². The Morgan fingerprint density at radius 1 is 0.875 bits per heavy atom. The van der Waals surface area contributed by atoms with E-state index in [0.717, 1.165) is 31.6 Å². The summed E-state index contributed by atoms with van der Waals surface area (Å²) >= 11 is 2.07. The molecule has 2 saturated carbocycles. The first-order valence-electron chi connectivity index (χ1n) is 6.51. The second-order valence-electron chi connectivity index (χ2n) is 5.67. The second-order valence-corrected chi connectivity index (χ2v) is 7.27. The summed E-state index contributed by atoms with van der Waals surface area (Å²) < 4.78 is 27.6. The van der Waals surface area contributed by atoms with Gasteiger partial charge in [-0.2, -0.15) is 0 Å². The molecule has 0 nitrogen and oxygen atoms in total. The van der Waals surface area contributed by atoms with E-state index in [-0.39, 0.29) is 9.84 Å². The summed E-state index contributed by atoms with van der Waals surface area (Å²) in [6, 6.07) is 0. The minimum Gasteiger partial charge on any atom is -0.244 e. The molecule has 4 atom stereocenters. The lowest BCUT2D eigenvalue weighted by atomic mass is 9.70. The largest absolute Gasteiger partial charge is 0.244 e. The third kappa shape index (κ3) is 2.70. The smallest absolute Gasteiger partial charge is 0.143 e. The highest BCUT2D eigenvalue weighted by atomic mass is 127. The fourth-order valence-electron chi connectivity index (χ4n) is 3.32. The number of alkyl halides is 3. The van der Waals surface area contributed by atoms with Crippen LogP contribution < -0.4 is 0 Å². The molecule has 0 aliphatic heterocycles. The van der Waals surface area contributed by atoms with Crippen LogP contribution in [0.2, 0.25) is 0 Å². The Labute approximate surface area is 111 Å². The van der Waals surface area contributed by atoms with Crippen LogP contribution in [0.5, 0.6) is 0 Å². The standard InChI is InChI=1S/C13H21F2I/c1-8-2-4-9(5-3-8)10-6-7-11(16)13(15)12(10)14/h8-13H,2-7H2,1H3/t8?,9?,10-,11?,12?,13?/m0/s1. The van der Waals surface area contributed by atoms with Crippen LogP contribution in [0.3, 0.4) is 0 Å². The lowest BCUT2D eigenvalue weighted by Gasteiger charge is -2.39. The maximum Gasteiger partial charge on any atom is 0.143 e. The van der Waals surface area contributed by atoms with Crippen molar-refractivity contribution in [2.45, 2.75) is 61.7 Å². The molecule has 0 radical (unpaired) electrons. The third-order valence-corrected chi connectivity index (χ3v) is 5.81. The number of halogens is 3. The van der Waals surface area contributed by atoms with Crippen molar-refractivity contribution in [3.05, 3.63) is 0 Å². The van der Waals surface area contributed by atoms with E-state index in [1.54, 1.807) is 0 Å². The molecule has 3 heteroatoms. The zero-order chi connectivity index (χ0) is 11.7. The first kappa shape index (κ1) is 13.0. The molecule has 0 aromatic heterocycles. The summed E-state index contributed by atoms with van der Waals surface area (Å²) in [4.78, 5) is 0. The maximum atomic E-state index is 14.0. The molecule has 0 spiro atoms. The fourth-order valence-corrected chi connectivity index (χ4v) is 4.07. The zero-order valence-electron chi connectivity index (χ0n) is 9.84. The van der Waals surface area contributed by atoms with E-state index in [1.165, 1.54) is 12.8 Å². The molecule has 0 amide bonds. The van der Waals surface area contributed by atoms with Crippen molar-refractivity contribution in [3.8, 4) is 0 Å². The van der Waals surface area contributed by atoms with Gasteiger partial charge in [0.1, 0.15) is 12.3 Å². The van der Waals surface area contributed by atoms with Crippen LogP contribution in [-0.2, 0) is 0 Å². The van der Waals surface area contributed by atoms with Gasteiger partial charge in [-0.1, -0.05) is 42.4 Å². The molecule has 2 aliphatic rings. The molecule has 2 aliphatic carbocycles. The minimum absolute atomic E-state index is 0.00789. The average Bonchev–Trinajstić information content (AvgIpc) is 2.28. The molecular formula is C13H21F2I. The molecule has 94 valence electrons. The summed E-state index contributed by atoms with van der Waals surface area (Å²) in [5, 5.41) is 0. The molecule has 0 bridgehead atoms. The van der Waals surface area contributed by atoms with Gasteiger partial charge in [-0.25, -0.2) is 8.78 Å². The number of hydrogen-bond acceptors (Lipinski definition) is 0. The Kier molecular flexibility index (Phi) is 4.47. The molecular weight excluding hydrogens is 321 g/mol. The van der Waals surface area contributed by atoms with Crippen molar-refractivity contribution in [2.75, 3.05) is 0 Å². The van der Waals surface area contributed by atoms with Gasteiger partial charge in [-0.3, -0.25) is 0 Å². The fraction of sp³-hybridized carbons (Fsp3) is 1.00. The molecule has 2 fully saturated rings. The van der Waals surface area contributed by atoms with Gasteiger partial charge in [0.05, 0.1) is 0 Å². The highest BCUT2D eigenvalue weighted by molar-refractivity contribution is 14.1. The van der Waals surface area contributed by atoms with Gasteiger partial charge in [0, 0.05) is 3.92 Å². The Hall–Kier alpha value is 0.590. The van der Waals surface area contributed by atoms with E-state index in [1.807, 2.05) is 0 Å². The van der Waals surface area contributed by atoms with Crippen LogP contribution in [-0.4, -0.2) is 16.3 Å². The zero-order valence-corrected chi connectivity index (χ0v) is 12.0. The second kappa shape index (κ2) is 5.49. The van der Waals surface area contributed by atoms with Crippen molar-refractivity contribution in [3.63, 3.8) is 0 Å². The van der Waals surface area contributed by atoms with Crippen LogP contribution in [0.1, 0.15) is 45.4 Å². The monoisotopic (exact) mass is 342 g/mol. The molecule has 0 aromatic carbocycles. The summed E-state index contributed by atoms with van der Waals surface area (Å²) in [6.45, 7) is 2.27. The van der Waals surface area contributed by atoms with E-state index in [0.29, 0.717) is 5.92 Å². The molecule has 16 heavy (non-hydrogen) atoms. The van der Waals surface area contributed by atoms with Crippen molar-refractivity contribution >= 4 is 22.6 Å². The van der Waals surface area contributed by atoms with Crippen LogP contribution in [0.25, 0.3) is 0 Å². The molecule has 2 rings (SSSR count). The van der Waals surface area contributed by atoms with E-state index >= 15 is 0 Å². The maximum absolute atomic E-state index is 14.0. The summed E-state index contributed by atoms with van der Waals surface area (Å²) in [6.07, 6.45) is 3.98.